The molecule has 2 aliphatic heterocycles. The number of piperazine rings is 1. The molecular weight excluding hydrogens is 448 g/mol. The van der Waals surface area contributed by atoms with E-state index in [1.807, 2.05) is 36.4 Å². The van der Waals surface area contributed by atoms with Gasteiger partial charge in [-0.25, -0.2) is 9.97 Å². The van der Waals surface area contributed by atoms with Crippen molar-refractivity contribution in [3.63, 3.8) is 0 Å². The molecule has 1 saturated heterocycles. The summed E-state index contributed by atoms with van der Waals surface area (Å²) in [5.74, 6) is 1.64. The lowest BCUT2D eigenvalue weighted by molar-refractivity contribution is -0.123. The second kappa shape index (κ2) is 9.86. The standard InChI is InChI=1S/C26H31ClN6O/c1-17(2)24-26(34)28-13-20-15-32(14-18-7-9-19(27)10-8-18)11-12-33(20)16-23-29-22-6-4-3-5-21(22)25(30-23)31-24/h3-10,17,20,24H,11-16H2,1-2H3,(H,28,34)(H,29,30,31)/t20?,24-/m0/s1. The van der Waals surface area contributed by atoms with Gasteiger partial charge in [0.2, 0.25) is 5.91 Å². The number of rotatable bonds is 3. The summed E-state index contributed by atoms with van der Waals surface area (Å²) in [4.78, 5) is 27.8. The molecule has 0 aliphatic carbocycles. The van der Waals surface area contributed by atoms with Crippen LogP contribution in [0.15, 0.2) is 48.5 Å². The average molecular weight is 479 g/mol. The molecule has 2 bridgehead atoms. The van der Waals surface area contributed by atoms with Gasteiger partial charge in [-0.05, 0) is 35.7 Å². The normalized spacial score (nSPS) is 22.1. The highest BCUT2D eigenvalue weighted by Gasteiger charge is 2.31. The Morgan fingerprint density at radius 3 is 2.68 bits per heavy atom. The van der Waals surface area contributed by atoms with Crippen molar-refractivity contribution in [1.82, 2.24) is 25.1 Å². The van der Waals surface area contributed by atoms with Gasteiger partial charge in [-0.3, -0.25) is 14.6 Å². The Morgan fingerprint density at radius 2 is 1.88 bits per heavy atom. The Morgan fingerprint density at radius 1 is 1.09 bits per heavy atom. The van der Waals surface area contributed by atoms with Crippen LogP contribution in [0.5, 0.6) is 0 Å². The number of carbonyl (C=O) groups excluding carboxylic acids is 1. The number of nitrogens with one attached hydrogen (secondary N) is 2. The first-order valence-electron chi connectivity index (χ1n) is 12.0. The molecule has 1 unspecified atom stereocenters. The number of hydrogen-bond donors (Lipinski definition) is 2. The molecule has 0 saturated carbocycles. The zero-order valence-corrected chi connectivity index (χ0v) is 20.4. The van der Waals surface area contributed by atoms with Gasteiger partial charge in [-0.15, -0.1) is 0 Å². The van der Waals surface area contributed by atoms with Gasteiger partial charge in [0, 0.05) is 49.2 Å². The summed E-state index contributed by atoms with van der Waals surface area (Å²) in [6.45, 7) is 8.92. The topological polar surface area (TPSA) is 73.4 Å². The van der Waals surface area contributed by atoms with Crippen LogP contribution >= 0.6 is 11.6 Å². The van der Waals surface area contributed by atoms with Crippen molar-refractivity contribution < 1.29 is 4.79 Å². The van der Waals surface area contributed by atoms with Crippen LogP contribution < -0.4 is 10.6 Å². The first-order valence-corrected chi connectivity index (χ1v) is 12.3. The smallest absolute Gasteiger partial charge is 0.242 e. The minimum absolute atomic E-state index is 0.0101. The lowest BCUT2D eigenvalue weighted by Crippen LogP contribution is -2.57. The monoisotopic (exact) mass is 478 g/mol. The molecule has 5 rings (SSSR count). The number of fused-ring (bicyclic) bond motifs is 5. The maximum Gasteiger partial charge on any atom is 0.242 e. The van der Waals surface area contributed by atoms with E-state index in [1.165, 1.54) is 5.56 Å². The van der Waals surface area contributed by atoms with Crippen LogP contribution in [-0.2, 0) is 17.9 Å². The third-order valence-electron chi connectivity index (χ3n) is 6.76. The molecular formula is C26H31ClN6O. The third kappa shape index (κ3) is 5.02. The highest BCUT2D eigenvalue weighted by molar-refractivity contribution is 6.30. The van der Waals surface area contributed by atoms with E-state index in [0.717, 1.165) is 53.7 Å². The molecule has 3 aromatic rings. The van der Waals surface area contributed by atoms with Crippen LogP contribution in [0.1, 0.15) is 25.2 Å². The Labute approximate surface area is 205 Å². The van der Waals surface area contributed by atoms with E-state index in [0.29, 0.717) is 13.1 Å². The van der Waals surface area contributed by atoms with E-state index < -0.39 is 0 Å². The number of aromatic nitrogens is 2. The highest BCUT2D eigenvalue weighted by atomic mass is 35.5. The number of amides is 1. The summed E-state index contributed by atoms with van der Waals surface area (Å²) >= 11 is 6.06. The number of benzene rings is 2. The van der Waals surface area contributed by atoms with Gasteiger partial charge in [-0.2, -0.15) is 0 Å². The van der Waals surface area contributed by atoms with Gasteiger partial charge in [0.1, 0.15) is 17.7 Å². The Balaban J connectivity index is 1.43. The van der Waals surface area contributed by atoms with Gasteiger partial charge >= 0.3 is 0 Å². The summed E-state index contributed by atoms with van der Waals surface area (Å²) < 4.78 is 0. The van der Waals surface area contributed by atoms with Crippen LogP contribution in [0.25, 0.3) is 10.9 Å². The molecule has 2 aliphatic rings. The van der Waals surface area contributed by atoms with E-state index in [4.69, 9.17) is 21.6 Å². The van der Waals surface area contributed by atoms with E-state index in [1.54, 1.807) is 0 Å². The largest absolute Gasteiger partial charge is 0.358 e. The summed E-state index contributed by atoms with van der Waals surface area (Å²) in [6, 6.07) is 15.8. The number of para-hydroxylation sites is 1. The molecule has 1 aromatic heterocycles. The fourth-order valence-electron chi connectivity index (χ4n) is 4.85. The van der Waals surface area contributed by atoms with Crippen LogP contribution in [0.2, 0.25) is 5.02 Å². The second-order valence-electron chi connectivity index (χ2n) is 9.60. The van der Waals surface area contributed by atoms with Gasteiger partial charge in [0.15, 0.2) is 0 Å². The fourth-order valence-corrected chi connectivity index (χ4v) is 4.97. The number of halogens is 1. The minimum Gasteiger partial charge on any atom is -0.358 e. The van der Waals surface area contributed by atoms with Crippen molar-refractivity contribution in [1.29, 1.82) is 0 Å². The number of carbonyl (C=O) groups is 1. The SMILES string of the molecule is CC(C)[C@@H]1Nc2nc(nc3ccccc23)CN2CCN(Cc3ccc(Cl)cc3)CC2CNC1=O. The van der Waals surface area contributed by atoms with Crippen molar-refractivity contribution in [2.24, 2.45) is 5.92 Å². The highest BCUT2D eigenvalue weighted by Crippen LogP contribution is 2.24. The molecule has 8 heteroatoms. The number of nitrogens with zero attached hydrogens (tertiary/aromatic N) is 4. The van der Waals surface area contributed by atoms with Crippen LogP contribution in [0.4, 0.5) is 5.82 Å². The van der Waals surface area contributed by atoms with E-state index >= 15 is 0 Å². The molecule has 2 N–H and O–H groups in total. The lowest BCUT2D eigenvalue weighted by atomic mass is 10.0. The molecule has 1 fully saturated rings. The van der Waals surface area contributed by atoms with Crippen molar-refractivity contribution in [2.45, 2.75) is 39.0 Å². The van der Waals surface area contributed by atoms with Gasteiger partial charge in [0.25, 0.3) is 0 Å². The van der Waals surface area contributed by atoms with E-state index in [9.17, 15) is 4.79 Å². The molecule has 1 amide bonds. The van der Waals surface area contributed by atoms with Gasteiger partial charge in [-0.1, -0.05) is 49.7 Å². The quantitative estimate of drug-likeness (QED) is 0.600. The third-order valence-corrected chi connectivity index (χ3v) is 7.01. The van der Waals surface area contributed by atoms with Crippen LogP contribution in [-0.4, -0.2) is 63.9 Å². The zero-order valence-electron chi connectivity index (χ0n) is 19.7. The summed E-state index contributed by atoms with van der Waals surface area (Å²) in [7, 11) is 0. The predicted molar refractivity (Wildman–Crippen MR) is 136 cm³/mol. The summed E-state index contributed by atoms with van der Waals surface area (Å²) in [5, 5.41) is 8.35. The molecule has 0 radical (unpaired) electrons. The predicted octanol–water partition coefficient (Wildman–Crippen LogP) is 3.54. The number of anilines is 1. The first kappa shape index (κ1) is 23.0. The second-order valence-corrected chi connectivity index (χ2v) is 10.0. The van der Waals surface area contributed by atoms with E-state index in [-0.39, 0.29) is 23.9 Å². The molecule has 2 atom stereocenters. The fraction of sp³-hybridized carbons (Fsp3) is 0.423. The van der Waals surface area contributed by atoms with Crippen LogP contribution in [0, 0.1) is 5.92 Å². The molecule has 3 heterocycles. The maximum atomic E-state index is 13.2. The molecule has 2 aromatic carbocycles. The Bertz CT molecular complexity index is 1170. The number of hydrogen-bond acceptors (Lipinski definition) is 6. The van der Waals surface area contributed by atoms with Crippen LogP contribution in [0.3, 0.4) is 0 Å². The van der Waals surface area contributed by atoms with Crippen molar-refractivity contribution >= 4 is 34.2 Å². The lowest BCUT2D eigenvalue weighted by Gasteiger charge is -2.41. The summed E-state index contributed by atoms with van der Waals surface area (Å²) in [6.07, 6.45) is 0. The molecule has 34 heavy (non-hydrogen) atoms. The average Bonchev–Trinajstić information content (AvgIpc) is 2.84. The zero-order chi connectivity index (χ0) is 23.7. The molecule has 0 spiro atoms. The van der Waals surface area contributed by atoms with Gasteiger partial charge in [0.05, 0.1) is 12.1 Å². The van der Waals surface area contributed by atoms with Crippen molar-refractivity contribution in [3.05, 3.63) is 64.9 Å². The first-order chi connectivity index (χ1) is 16.5. The maximum absolute atomic E-state index is 13.2. The molecule has 178 valence electrons. The Kier molecular flexibility index (Phi) is 6.68. The Hall–Kier alpha value is -2.74. The van der Waals surface area contributed by atoms with Crippen molar-refractivity contribution in [2.75, 3.05) is 31.5 Å². The minimum atomic E-state index is -0.369. The summed E-state index contributed by atoms with van der Waals surface area (Å²) in [5.41, 5.74) is 2.14. The van der Waals surface area contributed by atoms with Gasteiger partial charge < -0.3 is 10.6 Å². The molecule has 7 nitrogen and oxygen atoms in total. The van der Waals surface area contributed by atoms with Crippen molar-refractivity contribution in [3.8, 4) is 0 Å². The van der Waals surface area contributed by atoms with E-state index in [2.05, 4.69) is 46.4 Å².